The van der Waals surface area contributed by atoms with Crippen molar-refractivity contribution in [2.45, 2.75) is 14.7 Å². The van der Waals surface area contributed by atoms with Crippen LogP contribution in [0.15, 0.2) is 183 Å². The number of fused-ring (bicyclic) bond motifs is 4. The van der Waals surface area contributed by atoms with Crippen molar-refractivity contribution in [1.82, 2.24) is 0 Å². The molecule has 0 bridgehead atoms. The number of nitrogens with zero attached hydrogens (tertiary/aromatic N) is 5. The van der Waals surface area contributed by atoms with Gasteiger partial charge in [0.15, 0.2) is 5.78 Å². The van der Waals surface area contributed by atoms with Crippen LogP contribution in [0.25, 0.3) is 32.3 Å². The summed E-state index contributed by atoms with van der Waals surface area (Å²) in [5, 5.41) is 23.0. The first kappa shape index (κ1) is 43.5. The third-order valence-electron chi connectivity index (χ3n) is 9.72. The molecule has 7 N–H and O–H groups in total. The number of hydrazone groups is 1. The van der Waals surface area contributed by atoms with Gasteiger partial charge in [0.05, 0.1) is 38.2 Å². The number of anilines is 1. The van der Waals surface area contributed by atoms with Gasteiger partial charge in [0.2, 0.25) is 0 Å². The van der Waals surface area contributed by atoms with Gasteiger partial charge in [-0.25, -0.2) is 0 Å². The zero-order valence-electron chi connectivity index (χ0n) is 32.0. The van der Waals surface area contributed by atoms with Crippen LogP contribution in [-0.2, 0) is 45.3 Å². The molecule has 64 heavy (non-hydrogen) atoms. The fourth-order valence-corrected chi connectivity index (χ4v) is 9.31. The summed E-state index contributed by atoms with van der Waals surface area (Å²) in [5.74, 6) is -0.527. The molecule has 24 heteroatoms. The van der Waals surface area contributed by atoms with E-state index in [9.17, 15) is 56.7 Å². The molecule has 0 aromatic heterocycles. The first-order valence-electron chi connectivity index (χ1n) is 18.0. The summed E-state index contributed by atoms with van der Waals surface area (Å²) in [6.45, 7) is 0. The first-order chi connectivity index (χ1) is 30.0. The largest absolute Gasteiger partial charge is 0.399 e. The predicted octanol–water partition coefficient (Wildman–Crippen LogP) is 7.55. The van der Waals surface area contributed by atoms with Gasteiger partial charge >= 0.3 is 0 Å². The Morgan fingerprint density at radius 1 is 0.516 bits per heavy atom. The summed E-state index contributed by atoms with van der Waals surface area (Å²) < 4.78 is 136. The number of carbonyl (C=O) groups excluding carboxylic acids is 1. The highest BCUT2D eigenvalue weighted by Gasteiger charge is 2.29. The molecule has 8 rings (SSSR count). The zero-order valence-corrected chi connectivity index (χ0v) is 35.2. The molecule has 6 aromatic rings. The Morgan fingerprint density at radius 3 is 1.77 bits per heavy atom. The first-order valence-corrected chi connectivity index (χ1v) is 23.7. The lowest BCUT2D eigenvalue weighted by molar-refractivity contribution is -0.111. The normalized spacial score (nSPS) is 15.8. The topological polar surface area (TPSA) is 334 Å². The van der Waals surface area contributed by atoms with E-state index in [1.54, 1.807) is 36.4 Å². The number of rotatable bonds is 10. The average Bonchev–Trinajstić information content (AvgIpc) is 3.22. The number of nitrogens with two attached hydrogens (primary N) is 1. The van der Waals surface area contributed by atoms with Crippen LogP contribution in [0.5, 0.6) is 0 Å². The number of benzene rings is 6. The van der Waals surface area contributed by atoms with E-state index in [0.717, 1.165) is 36.4 Å². The number of carbonyl (C=O) groups is 1. The molecule has 0 amide bonds. The second-order valence-electron chi connectivity index (χ2n) is 13.9. The minimum absolute atomic E-state index is 0.0616. The summed E-state index contributed by atoms with van der Waals surface area (Å²) in [6, 6.07) is 22.1. The molecule has 0 unspecified atom stereocenters. The molecule has 20 nitrogen and oxygen atoms in total. The van der Waals surface area contributed by atoms with E-state index in [4.69, 9.17) is 5.73 Å². The molecule has 324 valence electrons. The molecule has 0 aliphatic heterocycles. The molecule has 0 fully saturated rings. The predicted molar refractivity (Wildman–Crippen MR) is 234 cm³/mol. The van der Waals surface area contributed by atoms with Crippen LogP contribution in [0.4, 0.5) is 28.4 Å². The second-order valence-corrected chi connectivity index (χ2v) is 19.5. The Morgan fingerprint density at radius 2 is 1.14 bits per heavy atom. The molecule has 0 heterocycles. The number of ketones is 1. The standard InChI is InChI=1S/C40H27N7O13S4/c41-23-13-22-15-40(64(58,59)60)37(20-30(22)38(48)16-23)47-45-35-11-12-36(32-18-25(61(49,50)51)7-8-29(32)35)46-44-34-10-9-33(27-3-1-2-4-28(27)34)43-42-24-6-5-21-14-26(62(52,53)54)19-39(31(21)17-24)63(55,56)57/h1-20,45H,41H2,(H,49,50,51)(H,52,53,54)(H,55,56,57)(H,58,59,60)/b43-42?,46-44?,47-37+. The van der Waals surface area contributed by atoms with Gasteiger partial charge in [0.1, 0.15) is 15.5 Å². The number of azo groups is 2. The molecule has 0 atom stereocenters. The van der Waals surface area contributed by atoms with Crippen molar-refractivity contribution in [2.24, 2.45) is 31.3 Å². The molecule has 0 spiro atoms. The summed E-state index contributed by atoms with van der Waals surface area (Å²) in [4.78, 5) is 10.0. The third kappa shape index (κ3) is 8.74. The monoisotopic (exact) mass is 941 g/mol. The average molecular weight is 942 g/mol. The highest BCUT2D eigenvalue weighted by atomic mass is 32.2. The van der Waals surface area contributed by atoms with E-state index in [1.807, 2.05) is 0 Å². The van der Waals surface area contributed by atoms with Gasteiger partial charge in [-0.15, -0.1) is 15.3 Å². The molecule has 6 aromatic carbocycles. The SMILES string of the molecule is NC1=CC(=O)C2=C/C(=N\Nc3ccc(N=Nc4ccc(N=Nc5ccc6cc(S(=O)(=O)O)cc(S(=O)(=O)O)c6c5)c5ccccc45)c4cc(S(=O)(=O)O)ccc34)C(S(=O)(=O)O)=CC2=C1. The van der Waals surface area contributed by atoms with Crippen molar-refractivity contribution in [1.29, 1.82) is 0 Å². The Bertz CT molecular complexity index is 3790. The van der Waals surface area contributed by atoms with Gasteiger partial charge in [-0.3, -0.25) is 28.4 Å². The van der Waals surface area contributed by atoms with Crippen molar-refractivity contribution >= 4 is 113 Å². The lowest BCUT2D eigenvalue weighted by Crippen LogP contribution is -2.21. The van der Waals surface area contributed by atoms with Gasteiger partial charge in [-0.05, 0) is 89.9 Å². The number of allylic oxidation sites excluding steroid dienone is 7. The van der Waals surface area contributed by atoms with Gasteiger partial charge < -0.3 is 5.73 Å². The fourth-order valence-electron chi connectivity index (χ4n) is 6.81. The Balaban J connectivity index is 1.15. The van der Waals surface area contributed by atoms with Crippen LogP contribution >= 0.6 is 0 Å². The van der Waals surface area contributed by atoms with E-state index in [1.165, 1.54) is 42.5 Å². The third-order valence-corrected chi connectivity index (χ3v) is 13.2. The molecular weight excluding hydrogens is 915 g/mol. The Labute approximate surface area is 362 Å². The van der Waals surface area contributed by atoms with E-state index in [0.29, 0.717) is 28.2 Å². The quantitative estimate of drug-likeness (QED) is 0.0438. The maximum Gasteiger partial charge on any atom is 0.296 e. The van der Waals surface area contributed by atoms with Crippen LogP contribution in [-0.4, -0.2) is 63.4 Å². The van der Waals surface area contributed by atoms with E-state index in [-0.39, 0.29) is 61.2 Å². The van der Waals surface area contributed by atoms with Crippen LogP contribution < -0.4 is 11.2 Å². The molecule has 0 saturated carbocycles. The highest BCUT2D eigenvalue weighted by molar-refractivity contribution is 7.91. The molecule has 2 aliphatic carbocycles. The van der Waals surface area contributed by atoms with Crippen molar-refractivity contribution in [3.8, 4) is 0 Å². The van der Waals surface area contributed by atoms with Crippen molar-refractivity contribution in [3.63, 3.8) is 0 Å². The van der Waals surface area contributed by atoms with Crippen LogP contribution in [0.2, 0.25) is 0 Å². The minimum atomic E-state index is -4.96. The van der Waals surface area contributed by atoms with Gasteiger partial charge in [0, 0.05) is 44.3 Å². The molecule has 0 saturated heterocycles. The summed E-state index contributed by atoms with van der Waals surface area (Å²) in [7, 11) is -19.4. The van der Waals surface area contributed by atoms with E-state index >= 15 is 0 Å². The summed E-state index contributed by atoms with van der Waals surface area (Å²) in [5.41, 5.74) is 9.45. The minimum Gasteiger partial charge on any atom is -0.399 e. The summed E-state index contributed by atoms with van der Waals surface area (Å²) >= 11 is 0. The van der Waals surface area contributed by atoms with E-state index in [2.05, 4.69) is 31.0 Å². The van der Waals surface area contributed by atoms with Gasteiger partial charge in [-0.1, -0.05) is 36.4 Å². The fraction of sp³-hybridized carbons (Fsp3) is 0. The zero-order chi connectivity index (χ0) is 45.9. The van der Waals surface area contributed by atoms with Gasteiger partial charge in [0.25, 0.3) is 40.5 Å². The van der Waals surface area contributed by atoms with Crippen LogP contribution in [0.3, 0.4) is 0 Å². The highest BCUT2D eigenvalue weighted by Crippen LogP contribution is 2.39. The molecule has 0 radical (unpaired) electrons. The smallest absolute Gasteiger partial charge is 0.296 e. The van der Waals surface area contributed by atoms with Crippen molar-refractivity contribution < 1.29 is 56.7 Å². The summed E-state index contributed by atoms with van der Waals surface area (Å²) in [6.07, 6.45) is 4.70. The number of hydrogen-bond acceptors (Lipinski definition) is 16. The lowest BCUT2D eigenvalue weighted by Gasteiger charge is -2.18. The maximum atomic E-state index is 12.7. The van der Waals surface area contributed by atoms with Crippen molar-refractivity contribution in [3.05, 3.63) is 143 Å². The molecular formula is C40H27N7O13S4. The second kappa shape index (κ2) is 15.9. The van der Waals surface area contributed by atoms with E-state index < -0.39 is 65.8 Å². The maximum absolute atomic E-state index is 12.7. The van der Waals surface area contributed by atoms with Crippen molar-refractivity contribution in [2.75, 3.05) is 5.43 Å². The van der Waals surface area contributed by atoms with Crippen LogP contribution in [0.1, 0.15) is 0 Å². The Hall–Kier alpha value is -7.16. The lowest BCUT2D eigenvalue weighted by atomic mass is 9.90. The van der Waals surface area contributed by atoms with Gasteiger partial charge in [-0.2, -0.15) is 43.9 Å². The van der Waals surface area contributed by atoms with Crippen LogP contribution in [0, 0.1) is 0 Å². The number of nitrogens with one attached hydrogen (secondary N) is 1. The molecule has 2 aliphatic rings. The number of hydrogen-bond donors (Lipinski definition) is 6. The Kier molecular flexibility index (Phi) is 10.8.